The maximum atomic E-state index is 14.1. The van der Waals surface area contributed by atoms with E-state index in [-0.39, 0.29) is 5.56 Å². The zero-order valence-corrected chi connectivity index (χ0v) is 12.9. The van der Waals surface area contributed by atoms with Crippen LogP contribution in [0.1, 0.15) is 51.7 Å². The van der Waals surface area contributed by atoms with Gasteiger partial charge in [0.1, 0.15) is 11.6 Å². The molecule has 4 heteroatoms. The van der Waals surface area contributed by atoms with E-state index >= 15 is 0 Å². The number of hydrogen-bond acceptors (Lipinski definition) is 2. The number of benzene rings is 1. The molecule has 3 rings (SSSR count). The van der Waals surface area contributed by atoms with Gasteiger partial charge in [0, 0.05) is 15.3 Å². The van der Waals surface area contributed by atoms with Crippen molar-refractivity contribution in [1.82, 2.24) is 0 Å². The molecule has 21 heavy (non-hydrogen) atoms. The van der Waals surface area contributed by atoms with Crippen LogP contribution < -0.4 is 5.73 Å². The van der Waals surface area contributed by atoms with Gasteiger partial charge in [-0.2, -0.15) is 0 Å². The predicted molar refractivity (Wildman–Crippen MR) is 82.7 cm³/mol. The van der Waals surface area contributed by atoms with Gasteiger partial charge in [0.2, 0.25) is 0 Å². The molecule has 1 aliphatic rings. The fraction of sp³-hybridized carbons (Fsp3) is 0.412. The molecule has 1 aromatic heterocycles. The standard InChI is InChI=1S/C17H19F2NS/c1-10-7-14(19)12(9-13(10)18)17(20)16-8-11-5-3-2-4-6-15(11)21-16/h7-9,17H,2-6,20H2,1H3. The quantitative estimate of drug-likeness (QED) is 0.803. The Hall–Kier alpha value is -1.26. The maximum absolute atomic E-state index is 14.1. The van der Waals surface area contributed by atoms with Gasteiger partial charge in [-0.1, -0.05) is 6.42 Å². The van der Waals surface area contributed by atoms with Crippen molar-refractivity contribution in [2.75, 3.05) is 0 Å². The fourth-order valence-corrected chi connectivity index (χ4v) is 4.18. The van der Waals surface area contributed by atoms with E-state index in [0.29, 0.717) is 5.56 Å². The van der Waals surface area contributed by atoms with Crippen LogP contribution in [0.5, 0.6) is 0 Å². The number of fused-ring (bicyclic) bond motifs is 1. The fourth-order valence-electron chi connectivity index (χ4n) is 2.90. The van der Waals surface area contributed by atoms with Crippen molar-refractivity contribution in [3.63, 3.8) is 0 Å². The van der Waals surface area contributed by atoms with Gasteiger partial charge in [-0.3, -0.25) is 0 Å². The molecule has 1 atom stereocenters. The largest absolute Gasteiger partial charge is 0.320 e. The lowest BCUT2D eigenvalue weighted by molar-refractivity contribution is 0.571. The minimum absolute atomic E-state index is 0.245. The highest BCUT2D eigenvalue weighted by molar-refractivity contribution is 7.12. The Morgan fingerprint density at radius 2 is 1.81 bits per heavy atom. The first-order valence-electron chi connectivity index (χ1n) is 7.39. The van der Waals surface area contributed by atoms with Gasteiger partial charge in [0.25, 0.3) is 0 Å². The molecule has 1 nitrogen and oxygen atoms in total. The summed E-state index contributed by atoms with van der Waals surface area (Å²) in [5.74, 6) is -0.829. The van der Waals surface area contributed by atoms with Crippen LogP contribution in [0.4, 0.5) is 8.78 Å². The Bertz CT molecular complexity index is 640. The van der Waals surface area contributed by atoms with Crippen LogP contribution >= 0.6 is 11.3 Å². The van der Waals surface area contributed by atoms with E-state index in [1.165, 1.54) is 41.8 Å². The van der Waals surface area contributed by atoms with Crippen molar-refractivity contribution in [3.8, 4) is 0 Å². The molecular formula is C17H19F2NS. The second-order valence-electron chi connectivity index (χ2n) is 5.76. The summed E-state index contributed by atoms with van der Waals surface area (Å²) in [7, 11) is 0. The monoisotopic (exact) mass is 307 g/mol. The lowest BCUT2D eigenvalue weighted by atomic mass is 10.0. The number of nitrogens with two attached hydrogens (primary N) is 1. The van der Waals surface area contributed by atoms with Gasteiger partial charge < -0.3 is 5.73 Å². The number of thiophene rings is 1. The molecule has 1 heterocycles. The molecule has 1 aliphatic carbocycles. The van der Waals surface area contributed by atoms with Gasteiger partial charge in [-0.15, -0.1) is 11.3 Å². The average Bonchev–Trinajstić information content (AvgIpc) is 2.73. The van der Waals surface area contributed by atoms with Crippen LogP contribution in [0.25, 0.3) is 0 Å². The predicted octanol–water partition coefficient (Wildman–Crippen LogP) is 4.65. The minimum Gasteiger partial charge on any atom is -0.320 e. The zero-order chi connectivity index (χ0) is 15.0. The second-order valence-corrected chi connectivity index (χ2v) is 6.93. The molecule has 0 saturated heterocycles. The average molecular weight is 307 g/mol. The van der Waals surface area contributed by atoms with Crippen molar-refractivity contribution in [3.05, 3.63) is 56.3 Å². The van der Waals surface area contributed by atoms with Gasteiger partial charge >= 0.3 is 0 Å². The molecule has 2 N–H and O–H groups in total. The molecule has 1 unspecified atom stereocenters. The smallest absolute Gasteiger partial charge is 0.128 e. The molecule has 0 bridgehead atoms. The highest BCUT2D eigenvalue weighted by atomic mass is 32.1. The Labute approximate surface area is 127 Å². The molecule has 2 aromatic rings. The van der Waals surface area contributed by atoms with Crippen molar-refractivity contribution in [2.45, 2.75) is 45.1 Å². The highest BCUT2D eigenvalue weighted by Gasteiger charge is 2.20. The minimum atomic E-state index is -0.586. The number of halogens is 2. The topological polar surface area (TPSA) is 26.0 Å². The van der Waals surface area contributed by atoms with Crippen LogP contribution in [0.2, 0.25) is 0 Å². The summed E-state index contributed by atoms with van der Waals surface area (Å²) in [4.78, 5) is 2.30. The third kappa shape index (κ3) is 2.87. The summed E-state index contributed by atoms with van der Waals surface area (Å²) in [5.41, 5.74) is 8.09. The van der Waals surface area contributed by atoms with E-state index in [0.717, 1.165) is 17.7 Å². The summed E-state index contributed by atoms with van der Waals surface area (Å²) >= 11 is 1.66. The molecule has 0 amide bonds. The highest BCUT2D eigenvalue weighted by Crippen LogP contribution is 2.34. The molecule has 0 spiro atoms. The summed E-state index contributed by atoms with van der Waals surface area (Å²) in [6, 6.07) is 3.97. The normalized spacial score (nSPS) is 16.4. The van der Waals surface area contributed by atoms with E-state index < -0.39 is 17.7 Å². The van der Waals surface area contributed by atoms with Crippen LogP contribution in [0.15, 0.2) is 18.2 Å². The first-order chi connectivity index (χ1) is 10.1. The van der Waals surface area contributed by atoms with E-state index in [2.05, 4.69) is 6.07 Å². The van der Waals surface area contributed by atoms with Crippen LogP contribution in [-0.2, 0) is 12.8 Å². The second kappa shape index (κ2) is 5.85. The zero-order valence-electron chi connectivity index (χ0n) is 12.1. The van der Waals surface area contributed by atoms with Gasteiger partial charge in [-0.05, 0) is 61.9 Å². The summed E-state index contributed by atoms with van der Waals surface area (Å²) in [6.07, 6.45) is 5.82. The maximum Gasteiger partial charge on any atom is 0.128 e. The van der Waals surface area contributed by atoms with Crippen molar-refractivity contribution >= 4 is 11.3 Å². The molecule has 0 radical (unpaired) electrons. The molecule has 0 saturated carbocycles. The van der Waals surface area contributed by atoms with Crippen LogP contribution in [0, 0.1) is 18.6 Å². The SMILES string of the molecule is Cc1cc(F)c(C(N)c2cc3c(s2)CCCCC3)cc1F. The lowest BCUT2D eigenvalue weighted by Crippen LogP contribution is -2.13. The van der Waals surface area contributed by atoms with Gasteiger partial charge in [0.05, 0.1) is 6.04 Å². The Kier molecular flexibility index (Phi) is 4.09. The van der Waals surface area contributed by atoms with Crippen molar-refractivity contribution < 1.29 is 8.78 Å². The van der Waals surface area contributed by atoms with Crippen LogP contribution in [-0.4, -0.2) is 0 Å². The third-order valence-corrected chi connectivity index (χ3v) is 5.51. The number of aryl methyl sites for hydroxylation is 3. The summed E-state index contributed by atoms with van der Waals surface area (Å²) < 4.78 is 27.8. The molecule has 0 fully saturated rings. The number of hydrogen-bond donors (Lipinski definition) is 1. The van der Waals surface area contributed by atoms with Gasteiger partial charge in [0.15, 0.2) is 0 Å². The Balaban J connectivity index is 1.95. The Morgan fingerprint density at radius 3 is 2.62 bits per heavy atom. The van der Waals surface area contributed by atoms with E-state index in [1.54, 1.807) is 18.3 Å². The van der Waals surface area contributed by atoms with Gasteiger partial charge in [-0.25, -0.2) is 8.78 Å². The molecule has 1 aromatic carbocycles. The van der Waals surface area contributed by atoms with E-state index in [9.17, 15) is 8.78 Å². The molecular weight excluding hydrogens is 288 g/mol. The third-order valence-electron chi connectivity index (χ3n) is 4.19. The lowest BCUT2D eigenvalue weighted by Gasteiger charge is -2.12. The van der Waals surface area contributed by atoms with Crippen molar-refractivity contribution in [2.24, 2.45) is 5.73 Å². The summed E-state index contributed by atoms with van der Waals surface area (Å²) in [5, 5.41) is 0. The molecule has 0 aliphatic heterocycles. The first-order valence-corrected chi connectivity index (χ1v) is 8.20. The number of rotatable bonds is 2. The summed E-state index contributed by atoms with van der Waals surface area (Å²) in [6.45, 7) is 1.56. The van der Waals surface area contributed by atoms with Crippen LogP contribution in [0.3, 0.4) is 0 Å². The van der Waals surface area contributed by atoms with E-state index in [4.69, 9.17) is 5.73 Å². The van der Waals surface area contributed by atoms with Crippen molar-refractivity contribution in [1.29, 1.82) is 0 Å². The Morgan fingerprint density at radius 1 is 1.05 bits per heavy atom. The molecule has 112 valence electrons. The van der Waals surface area contributed by atoms with E-state index in [1.807, 2.05) is 0 Å². The first kappa shape index (κ1) is 14.7.